The monoisotopic (exact) mass is 383 g/mol. The average Bonchev–Trinajstić information content (AvgIpc) is 2.48. The zero-order valence-electron chi connectivity index (χ0n) is 12.6. The molecule has 22 heavy (non-hydrogen) atoms. The van der Waals surface area contributed by atoms with Crippen LogP contribution in [0.15, 0.2) is 32.6 Å². The first-order valence-corrected chi connectivity index (χ1v) is 8.88. The van der Waals surface area contributed by atoms with E-state index in [0.29, 0.717) is 34.9 Å². The van der Waals surface area contributed by atoms with Gasteiger partial charge in [0.15, 0.2) is 5.16 Å². The minimum absolute atomic E-state index is 0.0184. The van der Waals surface area contributed by atoms with Gasteiger partial charge in [-0.25, -0.2) is 4.98 Å². The van der Waals surface area contributed by atoms with E-state index >= 15 is 0 Å². The van der Waals surface area contributed by atoms with Gasteiger partial charge in [0, 0.05) is 30.2 Å². The standard InChI is InChI=1S/C15H18BrN3O2S/c1-3-7-19-14(21)12-9-11(16)4-5-13(12)18-15(19)22-8-6-17-10(2)20/h4-5,9H,3,6-8H2,1-2H3,(H,17,20). The number of halogens is 1. The van der Waals surface area contributed by atoms with E-state index in [1.807, 2.05) is 25.1 Å². The molecule has 2 rings (SSSR count). The number of benzene rings is 1. The highest BCUT2D eigenvalue weighted by Gasteiger charge is 2.11. The Labute approximate surface area is 141 Å². The number of nitrogens with one attached hydrogen (secondary N) is 1. The summed E-state index contributed by atoms with van der Waals surface area (Å²) in [6.07, 6.45) is 0.861. The smallest absolute Gasteiger partial charge is 0.262 e. The molecule has 1 heterocycles. The van der Waals surface area contributed by atoms with Crippen LogP contribution in [0.1, 0.15) is 20.3 Å². The molecule has 5 nitrogen and oxygen atoms in total. The van der Waals surface area contributed by atoms with Gasteiger partial charge in [0.2, 0.25) is 5.91 Å². The first-order valence-electron chi connectivity index (χ1n) is 7.10. The van der Waals surface area contributed by atoms with Gasteiger partial charge in [0.05, 0.1) is 10.9 Å². The van der Waals surface area contributed by atoms with E-state index in [4.69, 9.17) is 0 Å². The minimum Gasteiger partial charge on any atom is -0.356 e. The summed E-state index contributed by atoms with van der Waals surface area (Å²) in [6, 6.07) is 5.53. The predicted molar refractivity (Wildman–Crippen MR) is 93.4 cm³/mol. The van der Waals surface area contributed by atoms with Crippen LogP contribution in [0.2, 0.25) is 0 Å². The lowest BCUT2D eigenvalue weighted by Crippen LogP contribution is -2.25. The molecule has 1 N–H and O–H groups in total. The van der Waals surface area contributed by atoms with Crippen molar-refractivity contribution in [3.8, 4) is 0 Å². The third kappa shape index (κ3) is 4.10. The van der Waals surface area contributed by atoms with Crippen LogP contribution in [0.5, 0.6) is 0 Å². The van der Waals surface area contributed by atoms with E-state index in [1.54, 1.807) is 4.57 Å². The molecule has 7 heteroatoms. The fourth-order valence-electron chi connectivity index (χ4n) is 2.07. The topological polar surface area (TPSA) is 64.0 Å². The van der Waals surface area contributed by atoms with Gasteiger partial charge in [-0.3, -0.25) is 14.2 Å². The number of carbonyl (C=O) groups excluding carboxylic acids is 1. The molecular formula is C15H18BrN3O2S. The van der Waals surface area contributed by atoms with Crippen LogP contribution in [0.3, 0.4) is 0 Å². The van der Waals surface area contributed by atoms with Crippen molar-refractivity contribution in [2.75, 3.05) is 12.3 Å². The molecule has 0 radical (unpaired) electrons. The van der Waals surface area contributed by atoms with Crippen LogP contribution in [-0.4, -0.2) is 27.8 Å². The van der Waals surface area contributed by atoms with Crippen molar-refractivity contribution in [3.63, 3.8) is 0 Å². The molecule has 1 amide bonds. The van der Waals surface area contributed by atoms with Crippen LogP contribution in [0, 0.1) is 0 Å². The first kappa shape index (κ1) is 17.0. The summed E-state index contributed by atoms with van der Waals surface area (Å²) in [5.41, 5.74) is 0.678. The van der Waals surface area contributed by atoms with Crippen LogP contribution >= 0.6 is 27.7 Å². The number of aromatic nitrogens is 2. The fraction of sp³-hybridized carbons (Fsp3) is 0.400. The molecule has 0 bridgehead atoms. The van der Waals surface area contributed by atoms with E-state index in [0.717, 1.165) is 10.9 Å². The number of fused-ring (bicyclic) bond motifs is 1. The minimum atomic E-state index is -0.0529. The van der Waals surface area contributed by atoms with Gasteiger partial charge in [-0.05, 0) is 24.6 Å². The number of thioether (sulfide) groups is 1. The van der Waals surface area contributed by atoms with Gasteiger partial charge in [-0.1, -0.05) is 34.6 Å². The molecule has 0 aliphatic carbocycles. The number of hydrogen-bond acceptors (Lipinski definition) is 4. The molecule has 118 valence electrons. The van der Waals surface area contributed by atoms with Crippen LogP contribution in [0.25, 0.3) is 10.9 Å². The lowest BCUT2D eigenvalue weighted by Gasteiger charge is -2.12. The molecule has 0 spiro atoms. The largest absolute Gasteiger partial charge is 0.356 e. The Balaban J connectivity index is 2.35. The van der Waals surface area contributed by atoms with Crippen LogP contribution in [-0.2, 0) is 11.3 Å². The first-order chi connectivity index (χ1) is 10.5. The van der Waals surface area contributed by atoms with E-state index in [2.05, 4.69) is 26.2 Å². The molecule has 2 aromatic rings. The van der Waals surface area contributed by atoms with Crippen LogP contribution in [0.4, 0.5) is 0 Å². The number of carbonyl (C=O) groups is 1. The van der Waals surface area contributed by atoms with Gasteiger partial charge in [-0.2, -0.15) is 0 Å². The Morgan fingerprint density at radius 3 is 2.91 bits per heavy atom. The van der Waals surface area contributed by atoms with E-state index in [-0.39, 0.29) is 11.5 Å². The van der Waals surface area contributed by atoms with E-state index in [1.165, 1.54) is 18.7 Å². The summed E-state index contributed by atoms with van der Waals surface area (Å²) in [6.45, 7) is 4.71. The Morgan fingerprint density at radius 2 is 2.23 bits per heavy atom. The van der Waals surface area contributed by atoms with Crippen molar-refractivity contribution in [1.29, 1.82) is 0 Å². The van der Waals surface area contributed by atoms with Crippen LogP contribution < -0.4 is 10.9 Å². The van der Waals surface area contributed by atoms with Gasteiger partial charge >= 0.3 is 0 Å². The molecule has 0 fully saturated rings. The second-order valence-electron chi connectivity index (χ2n) is 4.84. The van der Waals surface area contributed by atoms with Crippen molar-refractivity contribution in [1.82, 2.24) is 14.9 Å². The summed E-state index contributed by atoms with van der Waals surface area (Å²) in [5, 5.41) is 4.07. The second kappa shape index (κ2) is 7.78. The Hall–Kier alpha value is -1.34. The summed E-state index contributed by atoms with van der Waals surface area (Å²) in [5.74, 6) is 0.625. The zero-order valence-corrected chi connectivity index (χ0v) is 15.0. The van der Waals surface area contributed by atoms with E-state index < -0.39 is 0 Å². The maximum atomic E-state index is 12.7. The molecule has 0 saturated carbocycles. The van der Waals surface area contributed by atoms with E-state index in [9.17, 15) is 9.59 Å². The highest BCUT2D eigenvalue weighted by molar-refractivity contribution is 9.10. The third-order valence-corrected chi connectivity index (χ3v) is 4.51. The maximum absolute atomic E-state index is 12.7. The van der Waals surface area contributed by atoms with Crippen molar-refractivity contribution in [2.45, 2.75) is 32.0 Å². The van der Waals surface area contributed by atoms with Crippen molar-refractivity contribution in [2.24, 2.45) is 0 Å². The third-order valence-electron chi connectivity index (χ3n) is 3.04. The normalized spacial score (nSPS) is 10.9. The molecule has 0 aliphatic rings. The van der Waals surface area contributed by atoms with Gasteiger partial charge in [0.25, 0.3) is 5.56 Å². The second-order valence-corrected chi connectivity index (χ2v) is 6.82. The average molecular weight is 384 g/mol. The molecule has 0 aliphatic heterocycles. The SMILES string of the molecule is CCCn1c(SCCNC(C)=O)nc2ccc(Br)cc2c1=O. The van der Waals surface area contributed by atoms with Gasteiger partial charge in [0.1, 0.15) is 0 Å². The number of rotatable bonds is 6. The number of hydrogen-bond donors (Lipinski definition) is 1. The van der Waals surface area contributed by atoms with Crippen molar-refractivity contribution >= 4 is 44.5 Å². The Kier molecular flexibility index (Phi) is 6.02. The summed E-state index contributed by atoms with van der Waals surface area (Å²) >= 11 is 4.88. The lowest BCUT2D eigenvalue weighted by atomic mass is 10.2. The molecule has 1 aromatic carbocycles. The molecular weight excluding hydrogens is 366 g/mol. The Morgan fingerprint density at radius 1 is 1.45 bits per heavy atom. The van der Waals surface area contributed by atoms with Gasteiger partial charge in [-0.15, -0.1) is 0 Å². The molecule has 0 saturated heterocycles. The molecule has 0 atom stereocenters. The highest BCUT2D eigenvalue weighted by Crippen LogP contribution is 2.20. The van der Waals surface area contributed by atoms with Crippen molar-refractivity contribution < 1.29 is 4.79 Å². The maximum Gasteiger partial charge on any atom is 0.262 e. The zero-order chi connectivity index (χ0) is 16.1. The quantitative estimate of drug-likeness (QED) is 0.473. The lowest BCUT2D eigenvalue weighted by molar-refractivity contribution is -0.118. The summed E-state index contributed by atoms with van der Waals surface area (Å²) < 4.78 is 2.58. The fourth-order valence-corrected chi connectivity index (χ4v) is 3.31. The predicted octanol–water partition coefficient (Wildman–Crippen LogP) is 2.80. The molecule has 1 aromatic heterocycles. The highest BCUT2D eigenvalue weighted by atomic mass is 79.9. The Bertz CT molecular complexity index is 745. The van der Waals surface area contributed by atoms with Crippen molar-refractivity contribution in [3.05, 3.63) is 33.0 Å². The molecule has 0 unspecified atom stereocenters. The summed E-state index contributed by atoms with van der Waals surface area (Å²) in [7, 11) is 0. The number of nitrogens with zero attached hydrogens (tertiary/aromatic N) is 2. The number of amides is 1. The van der Waals surface area contributed by atoms with Gasteiger partial charge < -0.3 is 5.32 Å². The summed E-state index contributed by atoms with van der Waals surface area (Å²) in [4.78, 5) is 28.1.